The van der Waals surface area contributed by atoms with Gasteiger partial charge in [-0.15, -0.1) is 5.10 Å². The first-order valence-corrected chi connectivity index (χ1v) is 1.91. The van der Waals surface area contributed by atoms with Gasteiger partial charge in [0.05, 0.1) is 6.92 Å². The zero-order valence-electron chi connectivity index (χ0n) is 3.26. The molecule has 0 amide bonds. The molecule has 0 spiro atoms. The lowest BCUT2D eigenvalue weighted by Crippen LogP contribution is -1.66. The minimum atomic E-state index is -0.0301. The Bertz CT molecular complexity index is 145. The first-order valence-electron chi connectivity index (χ1n) is 1.53. The standard InChI is InChI=1S/C3HClN2O/c1-2-5-6-3(4)7-2/h1H. The first kappa shape index (κ1) is 4.59. The first-order chi connectivity index (χ1) is 3.29. The Balaban J connectivity index is 3.04. The maximum Gasteiger partial charge on any atom is 0.312 e. The zero-order chi connectivity index (χ0) is 5.28. The van der Waals surface area contributed by atoms with Crippen molar-refractivity contribution in [3.63, 3.8) is 0 Å². The Hall–Kier alpha value is -0.570. The molecular formula is C3HClN2O. The molecule has 1 aromatic heterocycles. The molecule has 36 valence electrons. The van der Waals surface area contributed by atoms with Gasteiger partial charge >= 0.3 is 5.35 Å². The van der Waals surface area contributed by atoms with E-state index in [1.165, 1.54) is 0 Å². The summed E-state index contributed by atoms with van der Waals surface area (Å²) in [7, 11) is 0. The highest BCUT2D eigenvalue weighted by molar-refractivity contribution is 6.27. The molecule has 0 atom stereocenters. The van der Waals surface area contributed by atoms with Crippen LogP contribution in [0, 0.1) is 6.92 Å². The highest BCUT2D eigenvalue weighted by atomic mass is 35.5. The largest absolute Gasteiger partial charge is 0.412 e. The molecule has 1 rings (SSSR count). The fraction of sp³-hybridized carbons (Fsp3) is 0. The van der Waals surface area contributed by atoms with Gasteiger partial charge in [0.2, 0.25) is 5.89 Å². The number of nitrogens with zero attached hydrogens (tertiary/aromatic N) is 2. The van der Waals surface area contributed by atoms with Crippen molar-refractivity contribution in [2.45, 2.75) is 0 Å². The van der Waals surface area contributed by atoms with E-state index in [0.717, 1.165) is 0 Å². The molecule has 7 heavy (non-hydrogen) atoms. The Labute approximate surface area is 45.3 Å². The Morgan fingerprint density at radius 3 is 2.43 bits per heavy atom. The van der Waals surface area contributed by atoms with Gasteiger partial charge in [0.15, 0.2) is 0 Å². The van der Waals surface area contributed by atoms with E-state index in [4.69, 9.17) is 18.5 Å². The molecular weight excluding hydrogens is 115 g/mol. The molecule has 0 aliphatic heterocycles. The zero-order valence-corrected chi connectivity index (χ0v) is 4.01. The van der Waals surface area contributed by atoms with Crippen LogP contribution in [0.5, 0.6) is 0 Å². The van der Waals surface area contributed by atoms with Crippen molar-refractivity contribution in [1.29, 1.82) is 0 Å². The van der Waals surface area contributed by atoms with Crippen molar-refractivity contribution in [2.24, 2.45) is 0 Å². The van der Waals surface area contributed by atoms with Crippen LogP contribution in [0.2, 0.25) is 5.35 Å². The summed E-state index contributed by atoms with van der Waals surface area (Å²) in [5.41, 5.74) is 0. The SMILES string of the molecule is [CH]c1nnc(Cl)o1. The van der Waals surface area contributed by atoms with Crippen molar-refractivity contribution in [3.05, 3.63) is 18.2 Å². The van der Waals surface area contributed by atoms with Crippen molar-refractivity contribution in [3.8, 4) is 0 Å². The Morgan fingerprint density at radius 1 is 1.57 bits per heavy atom. The quantitative estimate of drug-likeness (QED) is 0.503. The van der Waals surface area contributed by atoms with Crippen LogP contribution in [-0.4, -0.2) is 10.2 Å². The molecule has 0 N–H and O–H groups in total. The second kappa shape index (κ2) is 1.50. The minimum Gasteiger partial charge on any atom is -0.412 e. The molecule has 0 aliphatic carbocycles. The minimum absolute atomic E-state index is 0.00926. The number of aromatic nitrogens is 2. The predicted molar refractivity (Wildman–Crippen MR) is 22.7 cm³/mol. The second-order valence-corrected chi connectivity index (χ2v) is 1.22. The number of rotatable bonds is 0. The molecule has 3 nitrogen and oxygen atoms in total. The monoisotopic (exact) mass is 116 g/mol. The fourth-order valence-electron chi connectivity index (χ4n) is 0.216. The Morgan fingerprint density at radius 2 is 2.29 bits per heavy atom. The van der Waals surface area contributed by atoms with Gasteiger partial charge in [-0.05, 0) is 11.6 Å². The summed E-state index contributed by atoms with van der Waals surface area (Å²) in [5, 5.41) is 6.46. The smallest absolute Gasteiger partial charge is 0.312 e. The van der Waals surface area contributed by atoms with Crippen LogP contribution in [0.15, 0.2) is 4.42 Å². The van der Waals surface area contributed by atoms with Gasteiger partial charge in [0, 0.05) is 0 Å². The third kappa shape index (κ3) is 0.899. The van der Waals surface area contributed by atoms with E-state index < -0.39 is 0 Å². The lowest BCUT2D eigenvalue weighted by Gasteiger charge is -1.67. The fourth-order valence-corrected chi connectivity index (χ4v) is 0.333. The summed E-state index contributed by atoms with van der Waals surface area (Å²) in [6, 6.07) is 0. The molecule has 0 bridgehead atoms. The number of halogens is 1. The van der Waals surface area contributed by atoms with Gasteiger partial charge in [0.1, 0.15) is 0 Å². The van der Waals surface area contributed by atoms with Crippen molar-refractivity contribution >= 4 is 11.6 Å². The molecule has 0 saturated carbocycles. The van der Waals surface area contributed by atoms with Crippen molar-refractivity contribution in [1.82, 2.24) is 10.2 Å². The van der Waals surface area contributed by atoms with Crippen LogP contribution in [0.4, 0.5) is 0 Å². The summed E-state index contributed by atoms with van der Waals surface area (Å²) in [6.45, 7) is 4.95. The van der Waals surface area contributed by atoms with Gasteiger partial charge in [0.25, 0.3) is 0 Å². The van der Waals surface area contributed by atoms with E-state index in [2.05, 4.69) is 14.6 Å². The van der Waals surface area contributed by atoms with Gasteiger partial charge < -0.3 is 4.42 Å². The summed E-state index contributed by atoms with van der Waals surface area (Å²) in [4.78, 5) is 0. The summed E-state index contributed by atoms with van der Waals surface area (Å²) < 4.78 is 4.40. The summed E-state index contributed by atoms with van der Waals surface area (Å²) >= 11 is 5.14. The van der Waals surface area contributed by atoms with Crippen LogP contribution in [0.3, 0.4) is 0 Å². The topological polar surface area (TPSA) is 38.9 Å². The predicted octanol–water partition coefficient (Wildman–Crippen LogP) is 0.782. The lowest BCUT2D eigenvalue weighted by molar-refractivity contribution is 0.536. The van der Waals surface area contributed by atoms with Crippen LogP contribution >= 0.6 is 11.6 Å². The molecule has 4 heteroatoms. The van der Waals surface area contributed by atoms with E-state index in [1.807, 2.05) is 0 Å². The van der Waals surface area contributed by atoms with Crippen LogP contribution < -0.4 is 0 Å². The molecule has 0 unspecified atom stereocenters. The maximum absolute atomic E-state index is 5.14. The Kier molecular flexibility index (Phi) is 0.982. The highest BCUT2D eigenvalue weighted by Gasteiger charge is 1.92. The molecule has 1 aromatic rings. The number of hydrogen-bond acceptors (Lipinski definition) is 3. The van der Waals surface area contributed by atoms with E-state index >= 15 is 0 Å². The van der Waals surface area contributed by atoms with Crippen LogP contribution in [0.25, 0.3) is 0 Å². The average Bonchev–Trinajstić information content (AvgIpc) is 1.87. The van der Waals surface area contributed by atoms with Crippen LogP contribution in [0.1, 0.15) is 5.89 Å². The molecule has 0 aliphatic rings. The molecule has 0 fully saturated rings. The van der Waals surface area contributed by atoms with Crippen LogP contribution in [-0.2, 0) is 0 Å². The molecule has 1 heterocycles. The van der Waals surface area contributed by atoms with Gasteiger partial charge in [-0.25, -0.2) is 0 Å². The summed E-state index contributed by atoms with van der Waals surface area (Å²) in [5.74, 6) is -0.00926. The molecule has 0 aromatic carbocycles. The van der Waals surface area contributed by atoms with E-state index in [1.54, 1.807) is 0 Å². The highest BCUT2D eigenvalue weighted by Crippen LogP contribution is 2.02. The summed E-state index contributed by atoms with van der Waals surface area (Å²) in [6.07, 6.45) is 0. The third-order valence-corrected chi connectivity index (χ3v) is 0.569. The van der Waals surface area contributed by atoms with Gasteiger partial charge in [-0.3, -0.25) is 0 Å². The number of hydrogen-bond donors (Lipinski definition) is 0. The third-order valence-electron chi connectivity index (χ3n) is 0.416. The van der Waals surface area contributed by atoms with E-state index in [-0.39, 0.29) is 11.2 Å². The van der Waals surface area contributed by atoms with Crippen molar-refractivity contribution < 1.29 is 4.42 Å². The second-order valence-electron chi connectivity index (χ2n) is 0.893. The van der Waals surface area contributed by atoms with Gasteiger partial charge in [-0.2, -0.15) is 0 Å². The average molecular weight is 117 g/mol. The van der Waals surface area contributed by atoms with E-state index in [0.29, 0.717) is 0 Å². The molecule has 2 radical (unpaired) electrons. The van der Waals surface area contributed by atoms with Gasteiger partial charge in [-0.1, -0.05) is 5.10 Å². The van der Waals surface area contributed by atoms with E-state index in [9.17, 15) is 0 Å². The maximum atomic E-state index is 5.14. The normalized spacial score (nSPS) is 9.43. The van der Waals surface area contributed by atoms with Crippen molar-refractivity contribution in [2.75, 3.05) is 0 Å². The molecule has 0 saturated heterocycles. The lowest BCUT2D eigenvalue weighted by atomic mass is 10.8.